The van der Waals surface area contributed by atoms with E-state index >= 15 is 0 Å². The zero-order valence-corrected chi connectivity index (χ0v) is 10.7. The molecule has 1 nitrogen and oxygen atoms in total. The lowest BCUT2D eigenvalue weighted by molar-refractivity contribution is 0.475. The predicted molar refractivity (Wildman–Crippen MR) is 73.6 cm³/mol. The van der Waals surface area contributed by atoms with Crippen LogP contribution in [0.2, 0.25) is 0 Å². The third kappa shape index (κ3) is 1.63. The van der Waals surface area contributed by atoms with Crippen LogP contribution in [0.15, 0.2) is 57.7 Å². The van der Waals surface area contributed by atoms with E-state index in [0.717, 1.165) is 5.56 Å². The Morgan fingerprint density at radius 2 is 1.78 bits per heavy atom. The first-order valence-corrected chi connectivity index (χ1v) is 7.75. The lowest BCUT2D eigenvalue weighted by Gasteiger charge is -2.31. The molecule has 3 heteroatoms. The second-order valence-electron chi connectivity index (χ2n) is 4.46. The minimum Gasteiger partial charge on any atom is -0.508 e. The minimum atomic E-state index is -1.23. The summed E-state index contributed by atoms with van der Waals surface area (Å²) < 4.78 is 13.2. The van der Waals surface area contributed by atoms with Crippen molar-refractivity contribution in [2.75, 3.05) is 6.26 Å². The molecule has 0 fully saturated rings. The van der Waals surface area contributed by atoms with Crippen molar-refractivity contribution in [3.8, 4) is 5.75 Å². The number of rotatable bonds is 1. The number of hydrogen-bond acceptors (Lipinski definition) is 1. The molecule has 0 bridgehead atoms. The summed E-state index contributed by atoms with van der Waals surface area (Å²) in [5.74, 6) is 0.0656. The van der Waals surface area contributed by atoms with Crippen LogP contribution in [0.1, 0.15) is 5.56 Å². The summed E-state index contributed by atoms with van der Waals surface area (Å²) in [5, 5.41) is 11.5. The van der Waals surface area contributed by atoms with Gasteiger partial charge in [-0.2, -0.15) is 10.0 Å². The standard InChI is InChI=1S/C15H13FOS/c1-18(14-5-3-13(17)4-6-14)9-8-11-10-12(16)2-7-15(11)18/h2-10,17H,1H3. The molecule has 1 aliphatic heterocycles. The van der Waals surface area contributed by atoms with Crippen molar-refractivity contribution in [3.05, 3.63) is 59.3 Å². The number of halogens is 1. The van der Waals surface area contributed by atoms with E-state index in [-0.39, 0.29) is 11.6 Å². The monoisotopic (exact) mass is 260 g/mol. The molecule has 1 aliphatic rings. The van der Waals surface area contributed by atoms with Gasteiger partial charge < -0.3 is 5.11 Å². The molecule has 0 spiro atoms. The molecule has 0 aromatic heterocycles. The fraction of sp³-hybridized carbons (Fsp3) is 0.0667. The van der Waals surface area contributed by atoms with Crippen LogP contribution in [-0.4, -0.2) is 11.4 Å². The lowest BCUT2D eigenvalue weighted by Crippen LogP contribution is -1.95. The highest BCUT2D eigenvalue weighted by Gasteiger charge is 2.27. The van der Waals surface area contributed by atoms with Gasteiger partial charge in [0.15, 0.2) is 0 Å². The highest BCUT2D eigenvalue weighted by atomic mass is 32.3. The summed E-state index contributed by atoms with van der Waals surface area (Å²) in [4.78, 5) is 2.34. The zero-order valence-electron chi connectivity index (χ0n) is 9.93. The molecule has 2 aromatic carbocycles. The Kier molecular flexibility index (Phi) is 2.45. The van der Waals surface area contributed by atoms with Crippen molar-refractivity contribution < 1.29 is 9.50 Å². The maximum absolute atomic E-state index is 13.2. The molecule has 0 radical (unpaired) electrons. The smallest absolute Gasteiger partial charge is 0.123 e. The van der Waals surface area contributed by atoms with Crippen LogP contribution in [-0.2, 0) is 0 Å². The number of aromatic hydroxyl groups is 1. The fourth-order valence-electron chi connectivity index (χ4n) is 2.25. The Hall–Kier alpha value is -1.74. The summed E-state index contributed by atoms with van der Waals surface area (Å²) in [5.41, 5.74) is 0.959. The van der Waals surface area contributed by atoms with Gasteiger partial charge in [0.1, 0.15) is 11.6 Å². The molecule has 1 atom stereocenters. The summed E-state index contributed by atoms with van der Waals surface area (Å²) in [6.07, 6.45) is 4.17. The van der Waals surface area contributed by atoms with Crippen LogP contribution in [0.25, 0.3) is 6.08 Å². The van der Waals surface area contributed by atoms with Crippen molar-refractivity contribution in [1.82, 2.24) is 0 Å². The number of fused-ring (bicyclic) bond motifs is 1. The van der Waals surface area contributed by atoms with Crippen LogP contribution >= 0.6 is 10.0 Å². The van der Waals surface area contributed by atoms with Gasteiger partial charge in [-0.25, -0.2) is 4.39 Å². The van der Waals surface area contributed by atoms with Crippen LogP contribution in [0.5, 0.6) is 5.75 Å². The molecular weight excluding hydrogens is 247 g/mol. The van der Waals surface area contributed by atoms with E-state index in [2.05, 4.69) is 11.7 Å². The third-order valence-electron chi connectivity index (χ3n) is 3.27. The quantitative estimate of drug-likeness (QED) is 0.807. The highest BCUT2D eigenvalue weighted by molar-refractivity contribution is 8.36. The number of phenolic OH excluding ortho intramolecular Hbond substituents is 1. The van der Waals surface area contributed by atoms with E-state index in [1.54, 1.807) is 18.2 Å². The molecule has 1 unspecified atom stereocenters. The Labute approximate surface area is 107 Å². The average Bonchev–Trinajstić information content (AvgIpc) is 2.68. The molecule has 0 saturated carbocycles. The first kappa shape index (κ1) is 11.4. The van der Waals surface area contributed by atoms with E-state index in [1.807, 2.05) is 24.3 Å². The summed E-state index contributed by atoms with van der Waals surface area (Å²) in [6.45, 7) is 0. The fourth-order valence-corrected chi connectivity index (χ4v) is 4.90. The van der Waals surface area contributed by atoms with E-state index in [9.17, 15) is 9.50 Å². The molecule has 1 heterocycles. The largest absolute Gasteiger partial charge is 0.508 e. The van der Waals surface area contributed by atoms with Crippen LogP contribution in [0, 0.1) is 5.82 Å². The summed E-state index contributed by atoms with van der Waals surface area (Å²) >= 11 is 0. The Balaban J connectivity index is 2.14. The van der Waals surface area contributed by atoms with Gasteiger partial charge in [0, 0.05) is 4.90 Å². The van der Waals surface area contributed by atoms with Gasteiger partial charge in [-0.15, -0.1) is 0 Å². The number of hydrogen-bond donors (Lipinski definition) is 1. The normalized spacial score (nSPS) is 24.6. The molecule has 92 valence electrons. The molecule has 0 saturated heterocycles. The molecule has 0 aliphatic carbocycles. The summed E-state index contributed by atoms with van der Waals surface area (Å²) in [6, 6.07) is 12.2. The third-order valence-corrected chi connectivity index (χ3v) is 6.49. The number of phenols is 1. The van der Waals surface area contributed by atoms with E-state index in [4.69, 9.17) is 0 Å². The Bertz CT molecular complexity index is 633. The van der Waals surface area contributed by atoms with E-state index in [1.165, 1.54) is 15.9 Å². The second-order valence-corrected chi connectivity index (χ2v) is 7.61. The lowest BCUT2D eigenvalue weighted by atomic mass is 10.2. The van der Waals surface area contributed by atoms with Crippen LogP contribution < -0.4 is 0 Å². The average molecular weight is 260 g/mol. The SMILES string of the molecule is CS1(c2ccc(O)cc2)C=Cc2cc(F)ccc21. The highest BCUT2D eigenvalue weighted by Crippen LogP contribution is 2.65. The van der Waals surface area contributed by atoms with Gasteiger partial charge in [-0.1, -0.05) is 0 Å². The van der Waals surface area contributed by atoms with Crippen LogP contribution in [0.3, 0.4) is 0 Å². The van der Waals surface area contributed by atoms with Gasteiger partial charge in [0.2, 0.25) is 0 Å². The van der Waals surface area contributed by atoms with Crippen molar-refractivity contribution in [3.63, 3.8) is 0 Å². The van der Waals surface area contributed by atoms with Crippen molar-refractivity contribution in [2.45, 2.75) is 9.79 Å². The van der Waals surface area contributed by atoms with Gasteiger partial charge in [-0.05, 0) is 70.7 Å². The van der Waals surface area contributed by atoms with Gasteiger partial charge >= 0.3 is 0 Å². The maximum Gasteiger partial charge on any atom is 0.123 e. The topological polar surface area (TPSA) is 20.2 Å². The van der Waals surface area contributed by atoms with Gasteiger partial charge in [-0.3, -0.25) is 0 Å². The molecule has 0 amide bonds. The Morgan fingerprint density at radius 1 is 1.06 bits per heavy atom. The van der Waals surface area contributed by atoms with E-state index in [0.29, 0.717) is 0 Å². The van der Waals surface area contributed by atoms with Crippen LogP contribution in [0.4, 0.5) is 4.39 Å². The van der Waals surface area contributed by atoms with Crippen molar-refractivity contribution in [1.29, 1.82) is 0 Å². The Morgan fingerprint density at radius 3 is 2.50 bits per heavy atom. The minimum absolute atomic E-state index is 0.201. The zero-order chi connectivity index (χ0) is 12.8. The van der Waals surface area contributed by atoms with E-state index < -0.39 is 10.0 Å². The molecule has 1 N–H and O–H groups in total. The van der Waals surface area contributed by atoms with Gasteiger partial charge in [0.25, 0.3) is 0 Å². The van der Waals surface area contributed by atoms with Crippen molar-refractivity contribution >= 4 is 16.1 Å². The summed E-state index contributed by atoms with van der Waals surface area (Å²) in [7, 11) is -1.23. The molecular formula is C15H13FOS. The number of benzene rings is 2. The maximum atomic E-state index is 13.2. The first-order valence-electron chi connectivity index (χ1n) is 5.65. The predicted octanol–water partition coefficient (Wildman–Crippen LogP) is 4.37. The van der Waals surface area contributed by atoms with Crippen molar-refractivity contribution in [2.24, 2.45) is 0 Å². The molecule has 18 heavy (non-hydrogen) atoms. The second kappa shape index (κ2) is 3.89. The van der Waals surface area contributed by atoms with Gasteiger partial charge in [0.05, 0.1) is 0 Å². The molecule has 2 aromatic rings. The molecule has 3 rings (SSSR count). The first-order chi connectivity index (χ1) is 8.59.